The van der Waals surface area contributed by atoms with E-state index >= 15 is 0 Å². The van der Waals surface area contributed by atoms with Crippen LogP contribution in [0.4, 0.5) is 10.5 Å². The van der Waals surface area contributed by atoms with E-state index in [1.54, 1.807) is 31.2 Å². The average Bonchev–Trinajstić information content (AvgIpc) is 2.61. The fourth-order valence-corrected chi connectivity index (χ4v) is 2.83. The van der Waals surface area contributed by atoms with Crippen molar-refractivity contribution in [3.8, 4) is 0 Å². The summed E-state index contributed by atoms with van der Waals surface area (Å²) in [6, 6.07) is 6.82. The minimum atomic E-state index is -0.918. The second kappa shape index (κ2) is 8.34. The SMILES string of the molecule is CC[C@@](C)(O)CNC(=O)Nc1ccc(C(=O)N2CCCC[C@H]2C)cc1. The van der Waals surface area contributed by atoms with Crippen LogP contribution in [0.1, 0.15) is 56.8 Å². The number of nitrogens with zero attached hydrogens (tertiary/aromatic N) is 1. The highest BCUT2D eigenvalue weighted by Crippen LogP contribution is 2.20. The molecule has 1 aliphatic heterocycles. The number of piperidine rings is 1. The molecule has 0 saturated carbocycles. The van der Waals surface area contributed by atoms with E-state index in [-0.39, 0.29) is 24.5 Å². The topological polar surface area (TPSA) is 81.7 Å². The van der Waals surface area contributed by atoms with Gasteiger partial charge in [-0.15, -0.1) is 0 Å². The molecule has 1 saturated heterocycles. The summed E-state index contributed by atoms with van der Waals surface area (Å²) in [6.45, 7) is 6.61. The summed E-state index contributed by atoms with van der Waals surface area (Å²) in [4.78, 5) is 26.4. The molecular weight excluding hydrogens is 318 g/mol. The van der Waals surface area contributed by atoms with Gasteiger partial charge in [-0.2, -0.15) is 0 Å². The monoisotopic (exact) mass is 347 g/mol. The molecule has 6 nitrogen and oxygen atoms in total. The van der Waals surface area contributed by atoms with Crippen LogP contribution < -0.4 is 10.6 Å². The number of amides is 3. The van der Waals surface area contributed by atoms with E-state index in [1.807, 2.05) is 11.8 Å². The van der Waals surface area contributed by atoms with Crippen molar-refractivity contribution in [2.24, 2.45) is 0 Å². The molecule has 0 aliphatic carbocycles. The Labute approximate surface area is 149 Å². The van der Waals surface area contributed by atoms with Gasteiger partial charge in [0.1, 0.15) is 0 Å². The van der Waals surface area contributed by atoms with Crippen molar-refractivity contribution in [2.75, 3.05) is 18.4 Å². The first-order chi connectivity index (χ1) is 11.8. The largest absolute Gasteiger partial charge is 0.388 e. The Bertz CT molecular complexity index is 598. The van der Waals surface area contributed by atoms with E-state index in [9.17, 15) is 14.7 Å². The smallest absolute Gasteiger partial charge is 0.319 e. The number of hydrogen-bond donors (Lipinski definition) is 3. The molecule has 25 heavy (non-hydrogen) atoms. The molecule has 2 atom stereocenters. The zero-order valence-electron chi connectivity index (χ0n) is 15.3. The number of anilines is 1. The minimum absolute atomic E-state index is 0.0437. The van der Waals surface area contributed by atoms with Gasteiger partial charge in [0.2, 0.25) is 0 Å². The summed E-state index contributed by atoms with van der Waals surface area (Å²) in [5.74, 6) is 0.0437. The maximum atomic E-state index is 12.6. The molecule has 1 fully saturated rings. The molecule has 3 amide bonds. The van der Waals surface area contributed by atoms with E-state index in [4.69, 9.17) is 0 Å². The van der Waals surface area contributed by atoms with Gasteiger partial charge in [-0.05, 0) is 63.8 Å². The second-order valence-corrected chi connectivity index (χ2v) is 7.08. The number of nitrogens with one attached hydrogen (secondary N) is 2. The molecule has 0 radical (unpaired) electrons. The van der Waals surface area contributed by atoms with Gasteiger partial charge < -0.3 is 20.6 Å². The van der Waals surface area contributed by atoms with E-state index in [0.717, 1.165) is 19.4 Å². The number of likely N-dealkylation sites (tertiary alicyclic amines) is 1. The van der Waals surface area contributed by atoms with Gasteiger partial charge in [0.15, 0.2) is 0 Å². The maximum Gasteiger partial charge on any atom is 0.319 e. The first kappa shape index (κ1) is 19.2. The number of urea groups is 1. The molecule has 1 aromatic carbocycles. The van der Waals surface area contributed by atoms with Gasteiger partial charge >= 0.3 is 6.03 Å². The van der Waals surface area contributed by atoms with Gasteiger partial charge in [0.05, 0.1) is 5.60 Å². The number of carbonyl (C=O) groups excluding carboxylic acids is 2. The molecule has 3 N–H and O–H groups in total. The number of hydrogen-bond acceptors (Lipinski definition) is 3. The van der Waals surface area contributed by atoms with Crippen LogP contribution in [0, 0.1) is 0 Å². The van der Waals surface area contributed by atoms with Crippen molar-refractivity contribution in [3.63, 3.8) is 0 Å². The van der Waals surface area contributed by atoms with Crippen molar-refractivity contribution >= 4 is 17.6 Å². The predicted octanol–water partition coefficient (Wildman–Crippen LogP) is 2.98. The molecular formula is C19H29N3O3. The van der Waals surface area contributed by atoms with E-state index in [2.05, 4.69) is 17.6 Å². The van der Waals surface area contributed by atoms with Crippen LogP contribution in [0.5, 0.6) is 0 Å². The summed E-state index contributed by atoms with van der Waals surface area (Å²) < 4.78 is 0. The molecule has 6 heteroatoms. The number of carbonyl (C=O) groups is 2. The van der Waals surface area contributed by atoms with Crippen LogP contribution in [0.15, 0.2) is 24.3 Å². The highest BCUT2D eigenvalue weighted by molar-refractivity contribution is 5.95. The Morgan fingerprint density at radius 1 is 1.28 bits per heavy atom. The Morgan fingerprint density at radius 3 is 2.56 bits per heavy atom. The number of rotatable bonds is 5. The van der Waals surface area contributed by atoms with E-state index in [0.29, 0.717) is 17.7 Å². The van der Waals surface area contributed by atoms with Gasteiger partial charge in [-0.25, -0.2) is 4.79 Å². The zero-order chi connectivity index (χ0) is 18.4. The lowest BCUT2D eigenvalue weighted by Crippen LogP contribution is -2.42. The zero-order valence-corrected chi connectivity index (χ0v) is 15.3. The van der Waals surface area contributed by atoms with Crippen molar-refractivity contribution < 1.29 is 14.7 Å². The normalized spacial score (nSPS) is 19.8. The molecule has 0 unspecified atom stereocenters. The fourth-order valence-electron chi connectivity index (χ4n) is 2.83. The average molecular weight is 347 g/mol. The van der Waals surface area contributed by atoms with Crippen molar-refractivity contribution in [1.82, 2.24) is 10.2 Å². The van der Waals surface area contributed by atoms with Crippen molar-refractivity contribution in [2.45, 2.75) is 58.1 Å². The van der Waals surface area contributed by atoms with Crippen LogP contribution in [0.3, 0.4) is 0 Å². The standard InChI is InChI=1S/C19H29N3O3/c1-4-19(3,25)13-20-18(24)21-16-10-8-15(9-11-16)17(23)22-12-6-5-7-14(22)2/h8-11,14,25H,4-7,12-13H2,1-3H3,(H2,20,21,24)/t14-,19-/m1/s1. The van der Waals surface area contributed by atoms with Gasteiger partial charge in [-0.1, -0.05) is 6.92 Å². The number of aliphatic hydroxyl groups is 1. The molecule has 1 heterocycles. The van der Waals surface area contributed by atoms with Crippen LogP contribution in [-0.4, -0.2) is 46.7 Å². The molecule has 0 aromatic heterocycles. The molecule has 1 aromatic rings. The Kier molecular flexibility index (Phi) is 6.42. The summed E-state index contributed by atoms with van der Waals surface area (Å²) in [5.41, 5.74) is 0.323. The highest BCUT2D eigenvalue weighted by atomic mass is 16.3. The molecule has 1 aliphatic rings. The van der Waals surface area contributed by atoms with Crippen LogP contribution in [-0.2, 0) is 0 Å². The quantitative estimate of drug-likeness (QED) is 0.766. The van der Waals surface area contributed by atoms with Crippen molar-refractivity contribution in [1.29, 1.82) is 0 Å². The van der Waals surface area contributed by atoms with Gasteiger partial charge in [0.25, 0.3) is 5.91 Å². The summed E-state index contributed by atoms with van der Waals surface area (Å²) >= 11 is 0. The van der Waals surface area contributed by atoms with Crippen LogP contribution in [0.2, 0.25) is 0 Å². The lowest BCUT2D eigenvalue weighted by molar-refractivity contribution is 0.0586. The first-order valence-corrected chi connectivity index (χ1v) is 9.00. The maximum absolute atomic E-state index is 12.6. The third-order valence-electron chi connectivity index (χ3n) is 4.85. The fraction of sp³-hybridized carbons (Fsp3) is 0.579. The van der Waals surface area contributed by atoms with Gasteiger partial charge in [-0.3, -0.25) is 4.79 Å². The summed E-state index contributed by atoms with van der Waals surface area (Å²) in [5, 5.41) is 15.2. The first-order valence-electron chi connectivity index (χ1n) is 9.00. The summed E-state index contributed by atoms with van der Waals surface area (Å²) in [7, 11) is 0. The highest BCUT2D eigenvalue weighted by Gasteiger charge is 2.24. The Hall–Kier alpha value is -2.08. The van der Waals surface area contributed by atoms with Crippen LogP contribution >= 0.6 is 0 Å². The minimum Gasteiger partial charge on any atom is -0.388 e. The van der Waals surface area contributed by atoms with Gasteiger partial charge in [0, 0.05) is 30.4 Å². The second-order valence-electron chi connectivity index (χ2n) is 7.08. The molecule has 138 valence electrons. The van der Waals surface area contributed by atoms with Crippen LogP contribution in [0.25, 0.3) is 0 Å². The van der Waals surface area contributed by atoms with E-state index in [1.165, 1.54) is 6.42 Å². The molecule has 0 bridgehead atoms. The molecule has 0 spiro atoms. The van der Waals surface area contributed by atoms with Crippen molar-refractivity contribution in [3.05, 3.63) is 29.8 Å². The third-order valence-corrected chi connectivity index (χ3v) is 4.85. The number of benzene rings is 1. The van der Waals surface area contributed by atoms with E-state index < -0.39 is 5.60 Å². The lowest BCUT2D eigenvalue weighted by Gasteiger charge is -2.33. The molecule has 2 rings (SSSR count). The Morgan fingerprint density at radius 2 is 1.96 bits per heavy atom. The Balaban J connectivity index is 1.91. The summed E-state index contributed by atoms with van der Waals surface area (Å²) in [6.07, 6.45) is 3.83. The third kappa shape index (κ3) is 5.46. The lowest BCUT2D eigenvalue weighted by atomic mass is 10.0. The predicted molar refractivity (Wildman–Crippen MR) is 98.7 cm³/mol.